The van der Waals surface area contributed by atoms with E-state index >= 15 is 0 Å². The van der Waals surface area contributed by atoms with E-state index in [1.165, 1.54) is 14.1 Å². The molecule has 0 aromatic carbocycles. The fourth-order valence-electron chi connectivity index (χ4n) is 1.40. The van der Waals surface area contributed by atoms with Gasteiger partial charge in [-0.25, -0.2) is 9.37 Å². The molecule has 1 heterocycles. The molecule has 0 saturated heterocycles. The maximum Gasteiger partial charge on any atom is 0.390 e. The molecule has 106 valence electrons. The number of hydrogen-bond donors (Lipinski definition) is 1. The quantitative estimate of drug-likeness (QED) is 0.860. The van der Waals surface area contributed by atoms with Gasteiger partial charge in [0.1, 0.15) is 11.6 Å². The van der Waals surface area contributed by atoms with E-state index in [9.17, 15) is 22.4 Å². The molecular weight excluding hydrogens is 266 g/mol. The lowest BCUT2D eigenvalue weighted by Gasteiger charge is -2.19. The van der Waals surface area contributed by atoms with Gasteiger partial charge in [-0.1, -0.05) is 0 Å². The van der Waals surface area contributed by atoms with Crippen molar-refractivity contribution in [3.05, 3.63) is 23.6 Å². The second-order valence-corrected chi connectivity index (χ2v) is 3.89. The van der Waals surface area contributed by atoms with Crippen LogP contribution in [0.2, 0.25) is 0 Å². The van der Waals surface area contributed by atoms with E-state index in [-0.39, 0.29) is 11.4 Å². The van der Waals surface area contributed by atoms with Gasteiger partial charge in [-0.2, -0.15) is 13.2 Å². The fraction of sp³-hybridized carbons (Fsp3) is 0.455. The number of rotatable bonds is 4. The Hall–Kier alpha value is -1.86. The maximum atomic E-state index is 13.0. The number of carbonyl (C=O) groups excluding carboxylic acids is 1. The Balaban J connectivity index is 2.84. The number of alkyl halides is 3. The van der Waals surface area contributed by atoms with Gasteiger partial charge in [0.25, 0.3) is 5.91 Å². The molecule has 0 radical (unpaired) electrons. The molecule has 0 spiro atoms. The number of nitrogens with zero attached hydrogens (tertiary/aromatic N) is 2. The molecule has 0 aliphatic rings. The number of hydrogen-bond acceptors (Lipinski definition) is 3. The van der Waals surface area contributed by atoms with Crippen molar-refractivity contribution in [3.8, 4) is 0 Å². The van der Waals surface area contributed by atoms with Crippen LogP contribution in [0.1, 0.15) is 16.8 Å². The zero-order chi connectivity index (χ0) is 14.6. The van der Waals surface area contributed by atoms with Crippen LogP contribution < -0.4 is 5.32 Å². The van der Waals surface area contributed by atoms with Crippen LogP contribution >= 0.6 is 0 Å². The predicted octanol–water partition coefficient (Wildman–Crippen LogP) is 2.29. The van der Waals surface area contributed by atoms with Crippen molar-refractivity contribution in [1.82, 2.24) is 9.88 Å². The minimum Gasteiger partial charge on any atom is -0.372 e. The first-order chi connectivity index (χ1) is 8.74. The van der Waals surface area contributed by atoms with E-state index in [1.807, 2.05) is 0 Å². The van der Waals surface area contributed by atoms with Crippen LogP contribution in [0.3, 0.4) is 0 Å². The van der Waals surface area contributed by atoms with Crippen LogP contribution in [0.15, 0.2) is 12.3 Å². The summed E-state index contributed by atoms with van der Waals surface area (Å²) < 4.78 is 49.2. The molecule has 1 rings (SSSR count). The highest BCUT2D eigenvalue weighted by atomic mass is 19.4. The van der Waals surface area contributed by atoms with Crippen LogP contribution in [0, 0.1) is 5.82 Å². The first kappa shape index (κ1) is 15.2. The second kappa shape index (κ2) is 5.85. The van der Waals surface area contributed by atoms with E-state index < -0.39 is 30.9 Å². The number of carbonyl (C=O) groups is 1. The van der Waals surface area contributed by atoms with Gasteiger partial charge >= 0.3 is 6.18 Å². The molecule has 8 heteroatoms. The standard InChI is InChI=1S/C11H13F4N3O/c1-16-9-8(5-7(12)6-17-9)10(19)18(2)4-3-11(13,14)15/h5-6H,3-4H2,1-2H3,(H,16,17). The summed E-state index contributed by atoms with van der Waals surface area (Å²) in [7, 11) is 2.70. The number of aromatic nitrogens is 1. The summed E-state index contributed by atoms with van der Waals surface area (Å²) in [6, 6.07) is 0.936. The van der Waals surface area contributed by atoms with E-state index in [0.717, 1.165) is 17.2 Å². The summed E-state index contributed by atoms with van der Waals surface area (Å²) >= 11 is 0. The van der Waals surface area contributed by atoms with Gasteiger partial charge in [0.05, 0.1) is 18.2 Å². The number of anilines is 1. The van der Waals surface area contributed by atoms with Crippen LogP contribution in [0.5, 0.6) is 0 Å². The molecule has 1 N–H and O–H groups in total. The minimum atomic E-state index is -4.35. The predicted molar refractivity (Wildman–Crippen MR) is 61.4 cm³/mol. The second-order valence-electron chi connectivity index (χ2n) is 3.89. The van der Waals surface area contributed by atoms with E-state index in [4.69, 9.17) is 0 Å². The average Bonchev–Trinajstić information content (AvgIpc) is 2.34. The minimum absolute atomic E-state index is 0.104. The zero-order valence-corrected chi connectivity index (χ0v) is 10.4. The molecule has 0 bridgehead atoms. The molecule has 1 aromatic heterocycles. The Morgan fingerprint density at radius 2 is 2.11 bits per heavy atom. The Kier molecular flexibility index (Phi) is 4.68. The van der Waals surface area contributed by atoms with Gasteiger partial charge < -0.3 is 10.2 Å². The number of amides is 1. The van der Waals surface area contributed by atoms with Crippen LogP contribution in [0.4, 0.5) is 23.4 Å². The van der Waals surface area contributed by atoms with Crippen molar-refractivity contribution in [3.63, 3.8) is 0 Å². The monoisotopic (exact) mass is 279 g/mol. The Bertz CT molecular complexity index is 462. The number of pyridine rings is 1. The molecule has 0 aliphatic heterocycles. The van der Waals surface area contributed by atoms with Gasteiger partial charge in [0.15, 0.2) is 0 Å². The van der Waals surface area contributed by atoms with Crippen molar-refractivity contribution in [1.29, 1.82) is 0 Å². The van der Waals surface area contributed by atoms with E-state index in [2.05, 4.69) is 10.3 Å². The van der Waals surface area contributed by atoms with Gasteiger partial charge in [-0.05, 0) is 6.07 Å². The van der Waals surface area contributed by atoms with E-state index in [1.54, 1.807) is 0 Å². The van der Waals surface area contributed by atoms with Crippen molar-refractivity contribution >= 4 is 11.7 Å². The van der Waals surface area contributed by atoms with Crippen molar-refractivity contribution in [2.75, 3.05) is 26.0 Å². The first-order valence-electron chi connectivity index (χ1n) is 5.40. The van der Waals surface area contributed by atoms with Crippen LogP contribution in [0.25, 0.3) is 0 Å². The highest BCUT2D eigenvalue weighted by molar-refractivity contribution is 5.98. The van der Waals surface area contributed by atoms with E-state index in [0.29, 0.717) is 0 Å². The van der Waals surface area contributed by atoms with Gasteiger partial charge in [0, 0.05) is 20.6 Å². The molecule has 0 saturated carbocycles. The molecule has 4 nitrogen and oxygen atoms in total. The highest BCUT2D eigenvalue weighted by Crippen LogP contribution is 2.21. The normalized spacial score (nSPS) is 11.3. The Labute approximate surface area is 107 Å². The smallest absolute Gasteiger partial charge is 0.372 e. The first-order valence-corrected chi connectivity index (χ1v) is 5.40. The van der Waals surface area contributed by atoms with Gasteiger partial charge in [0.2, 0.25) is 0 Å². The Morgan fingerprint density at radius 1 is 1.47 bits per heavy atom. The average molecular weight is 279 g/mol. The van der Waals surface area contributed by atoms with Crippen molar-refractivity contribution in [2.24, 2.45) is 0 Å². The zero-order valence-electron chi connectivity index (χ0n) is 10.4. The molecule has 19 heavy (non-hydrogen) atoms. The lowest BCUT2D eigenvalue weighted by atomic mass is 10.2. The van der Waals surface area contributed by atoms with Gasteiger partial charge in [-0.3, -0.25) is 4.79 Å². The molecular formula is C11H13F4N3O. The summed E-state index contributed by atoms with van der Waals surface area (Å²) in [6.45, 7) is -0.498. The molecule has 0 fully saturated rings. The summed E-state index contributed by atoms with van der Waals surface area (Å²) in [4.78, 5) is 16.4. The van der Waals surface area contributed by atoms with Crippen molar-refractivity contribution in [2.45, 2.75) is 12.6 Å². The fourth-order valence-corrected chi connectivity index (χ4v) is 1.40. The Morgan fingerprint density at radius 3 is 2.63 bits per heavy atom. The summed E-state index contributed by atoms with van der Waals surface area (Å²) in [5.41, 5.74) is -0.104. The number of nitrogens with one attached hydrogen (secondary N) is 1. The third kappa shape index (κ3) is 4.38. The van der Waals surface area contributed by atoms with Crippen LogP contribution in [-0.2, 0) is 0 Å². The summed E-state index contributed by atoms with van der Waals surface area (Å²) in [5, 5.41) is 2.58. The molecule has 0 unspecified atom stereocenters. The summed E-state index contributed by atoms with van der Waals surface area (Å²) in [6.07, 6.45) is -4.55. The molecule has 0 aliphatic carbocycles. The van der Waals surface area contributed by atoms with Crippen molar-refractivity contribution < 1.29 is 22.4 Å². The SMILES string of the molecule is CNc1ncc(F)cc1C(=O)N(C)CCC(F)(F)F. The topological polar surface area (TPSA) is 45.2 Å². The van der Waals surface area contributed by atoms with Crippen LogP contribution in [-0.4, -0.2) is 42.6 Å². The lowest BCUT2D eigenvalue weighted by Crippen LogP contribution is -2.31. The van der Waals surface area contributed by atoms with Gasteiger partial charge in [-0.15, -0.1) is 0 Å². The molecule has 1 aromatic rings. The number of halogens is 4. The largest absolute Gasteiger partial charge is 0.390 e. The third-order valence-electron chi connectivity index (χ3n) is 2.40. The molecule has 1 amide bonds. The lowest BCUT2D eigenvalue weighted by molar-refractivity contribution is -0.136. The third-order valence-corrected chi connectivity index (χ3v) is 2.40. The maximum absolute atomic E-state index is 13.0. The highest BCUT2D eigenvalue weighted by Gasteiger charge is 2.28. The molecule has 0 atom stereocenters. The summed E-state index contributed by atoms with van der Waals surface area (Å²) in [5.74, 6) is -1.34.